The Labute approximate surface area is 204 Å². The van der Waals surface area contributed by atoms with E-state index in [-0.39, 0.29) is 23.0 Å². The molecule has 6 heteroatoms. The van der Waals surface area contributed by atoms with Crippen LogP contribution in [0.15, 0.2) is 84.9 Å². The highest BCUT2D eigenvalue weighted by molar-refractivity contribution is 6.32. The first-order valence-corrected chi connectivity index (χ1v) is 11.5. The summed E-state index contributed by atoms with van der Waals surface area (Å²) in [4.78, 5) is 7.09. The highest BCUT2D eigenvalue weighted by atomic mass is 16.3. The van der Waals surface area contributed by atoms with Gasteiger partial charge < -0.3 is 30.4 Å². The standard InChI is InChI=1S/C30H20N2O4/c33-17-5-1-3-15(11-17)25-27-21-13-19(35)7-9-23(21)32-30(27)26(16-4-2-6-18(34)12-16)28-22-14-20(36)8-10-24(22)31-29(25)28/h1-14,31-36H. The van der Waals surface area contributed by atoms with Crippen molar-refractivity contribution in [2.45, 2.75) is 0 Å². The van der Waals surface area contributed by atoms with Crippen LogP contribution in [0, 0.1) is 0 Å². The van der Waals surface area contributed by atoms with Crippen LogP contribution in [-0.4, -0.2) is 30.4 Å². The summed E-state index contributed by atoms with van der Waals surface area (Å²) in [6.45, 7) is 0. The maximum atomic E-state index is 10.4. The van der Waals surface area contributed by atoms with Gasteiger partial charge in [0.1, 0.15) is 23.0 Å². The van der Waals surface area contributed by atoms with E-state index in [4.69, 9.17) is 0 Å². The second-order valence-electron chi connectivity index (χ2n) is 9.06. The summed E-state index contributed by atoms with van der Waals surface area (Å²) in [5.41, 5.74) is 6.61. The van der Waals surface area contributed by atoms with Crippen LogP contribution in [0.5, 0.6) is 23.0 Å². The van der Waals surface area contributed by atoms with E-state index in [2.05, 4.69) is 9.97 Å². The van der Waals surface area contributed by atoms with Gasteiger partial charge in [0, 0.05) is 43.7 Å². The van der Waals surface area contributed by atoms with Crippen LogP contribution in [-0.2, 0) is 0 Å². The van der Waals surface area contributed by atoms with Crippen LogP contribution in [0.1, 0.15) is 0 Å². The van der Waals surface area contributed by atoms with Crippen LogP contribution in [0.3, 0.4) is 0 Å². The number of benzene rings is 5. The maximum absolute atomic E-state index is 10.4. The molecule has 0 saturated heterocycles. The number of aromatic hydroxyl groups is 4. The molecule has 0 fully saturated rings. The molecule has 0 amide bonds. The number of hydrogen-bond donors (Lipinski definition) is 6. The summed E-state index contributed by atoms with van der Waals surface area (Å²) in [5.74, 6) is 0.571. The largest absolute Gasteiger partial charge is 0.508 e. The zero-order valence-corrected chi connectivity index (χ0v) is 18.9. The summed E-state index contributed by atoms with van der Waals surface area (Å²) in [6, 6.07) is 24.6. The van der Waals surface area contributed by atoms with Gasteiger partial charge in [-0.2, -0.15) is 0 Å². The molecule has 0 atom stereocenters. The van der Waals surface area contributed by atoms with Gasteiger partial charge in [0.05, 0.1) is 11.0 Å². The average Bonchev–Trinajstić information content (AvgIpc) is 3.40. The Bertz CT molecular complexity index is 1850. The SMILES string of the molecule is Oc1cccc(-c2c3[nH]c4ccc(O)cc4c3c(-c3cccc(O)c3)c3[nH]c4ccc(O)cc4c23)c1. The van der Waals surface area contributed by atoms with Crippen molar-refractivity contribution in [3.05, 3.63) is 84.9 Å². The van der Waals surface area contributed by atoms with Gasteiger partial charge in [-0.3, -0.25) is 0 Å². The van der Waals surface area contributed by atoms with E-state index >= 15 is 0 Å². The summed E-state index contributed by atoms with van der Waals surface area (Å²) in [5, 5.41) is 44.8. The Morgan fingerprint density at radius 1 is 0.444 bits per heavy atom. The van der Waals surface area contributed by atoms with Crippen molar-refractivity contribution in [3.8, 4) is 45.3 Å². The minimum absolute atomic E-state index is 0.141. The Balaban J connectivity index is 1.82. The zero-order valence-electron chi connectivity index (χ0n) is 18.9. The second kappa shape index (κ2) is 7.20. The number of aromatic amines is 2. The molecule has 2 aromatic heterocycles. The molecular weight excluding hydrogens is 452 g/mol. The molecule has 2 heterocycles. The number of rotatable bonds is 2. The maximum Gasteiger partial charge on any atom is 0.116 e. The molecule has 36 heavy (non-hydrogen) atoms. The molecule has 0 bridgehead atoms. The molecule has 0 saturated carbocycles. The summed E-state index contributed by atoms with van der Waals surface area (Å²) < 4.78 is 0. The first-order valence-electron chi connectivity index (χ1n) is 11.5. The number of phenols is 4. The Kier molecular flexibility index (Phi) is 4.06. The van der Waals surface area contributed by atoms with Crippen LogP contribution in [0.25, 0.3) is 65.9 Å². The van der Waals surface area contributed by atoms with E-state index in [9.17, 15) is 20.4 Å². The van der Waals surface area contributed by atoms with E-state index in [0.29, 0.717) is 0 Å². The summed E-state index contributed by atoms with van der Waals surface area (Å²) in [7, 11) is 0. The van der Waals surface area contributed by atoms with E-state index in [1.165, 1.54) is 0 Å². The van der Waals surface area contributed by atoms with Crippen molar-refractivity contribution < 1.29 is 20.4 Å². The third kappa shape index (κ3) is 2.85. The van der Waals surface area contributed by atoms with Gasteiger partial charge in [0.25, 0.3) is 0 Å². The fourth-order valence-electron chi connectivity index (χ4n) is 5.40. The third-order valence-electron chi connectivity index (χ3n) is 6.83. The Hall–Kier alpha value is -5.10. The first-order chi connectivity index (χ1) is 17.5. The summed E-state index contributed by atoms with van der Waals surface area (Å²) in [6.07, 6.45) is 0. The lowest BCUT2D eigenvalue weighted by atomic mass is 9.90. The molecule has 7 aromatic rings. The molecule has 0 aliphatic heterocycles. The van der Waals surface area contributed by atoms with Crippen LogP contribution in [0.2, 0.25) is 0 Å². The molecule has 0 aliphatic carbocycles. The minimum Gasteiger partial charge on any atom is -0.508 e. The molecular formula is C30H20N2O4. The molecule has 6 nitrogen and oxygen atoms in total. The van der Waals surface area contributed by atoms with Gasteiger partial charge in [-0.25, -0.2) is 0 Å². The molecule has 0 aliphatic rings. The molecule has 5 aromatic carbocycles. The van der Waals surface area contributed by atoms with E-state index in [1.54, 1.807) is 60.7 Å². The normalized spacial score (nSPS) is 11.8. The van der Waals surface area contributed by atoms with Crippen LogP contribution in [0.4, 0.5) is 0 Å². The van der Waals surface area contributed by atoms with E-state index in [0.717, 1.165) is 65.9 Å². The number of aromatic nitrogens is 2. The lowest BCUT2D eigenvalue weighted by Crippen LogP contribution is -1.89. The number of H-pyrrole nitrogens is 2. The smallest absolute Gasteiger partial charge is 0.116 e. The van der Waals surface area contributed by atoms with Crippen molar-refractivity contribution in [1.29, 1.82) is 0 Å². The van der Waals surface area contributed by atoms with Crippen molar-refractivity contribution in [2.24, 2.45) is 0 Å². The fraction of sp³-hybridized carbons (Fsp3) is 0. The van der Waals surface area contributed by atoms with Crippen molar-refractivity contribution in [3.63, 3.8) is 0 Å². The predicted octanol–water partition coefficient (Wildman–Crippen LogP) is 7.11. The lowest BCUT2D eigenvalue weighted by molar-refractivity contribution is 0.475. The average molecular weight is 473 g/mol. The van der Waals surface area contributed by atoms with Gasteiger partial charge in [0.2, 0.25) is 0 Å². The van der Waals surface area contributed by atoms with Crippen molar-refractivity contribution in [1.82, 2.24) is 9.97 Å². The molecule has 174 valence electrons. The van der Waals surface area contributed by atoms with Gasteiger partial charge in [-0.15, -0.1) is 0 Å². The molecule has 7 rings (SSSR count). The van der Waals surface area contributed by atoms with Gasteiger partial charge >= 0.3 is 0 Å². The Morgan fingerprint density at radius 3 is 1.28 bits per heavy atom. The number of fused-ring (bicyclic) bond motifs is 6. The number of phenolic OH excluding ortho intramolecular Hbond substituents is 4. The van der Waals surface area contributed by atoms with Gasteiger partial charge in [-0.1, -0.05) is 24.3 Å². The lowest BCUT2D eigenvalue weighted by Gasteiger charge is -2.14. The van der Waals surface area contributed by atoms with Gasteiger partial charge in [0.15, 0.2) is 0 Å². The predicted molar refractivity (Wildman–Crippen MR) is 143 cm³/mol. The monoisotopic (exact) mass is 472 g/mol. The molecule has 0 spiro atoms. The summed E-state index contributed by atoms with van der Waals surface area (Å²) >= 11 is 0. The topological polar surface area (TPSA) is 113 Å². The molecule has 6 N–H and O–H groups in total. The molecule has 0 radical (unpaired) electrons. The van der Waals surface area contributed by atoms with Crippen LogP contribution >= 0.6 is 0 Å². The van der Waals surface area contributed by atoms with E-state index < -0.39 is 0 Å². The Morgan fingerprint density at radius 2 is 0.861 bits per heavy atom. The van der Waals surface area contributed by atoms with Gasteiger partial charge in [-0.05, 0) is 71.8 Å². The third-order valence-corrected chi connectivity index (χ3v) is 6.83. The number of hydrogen-bond acceptors (Lipinski definition) is 4. The highest BCUT2D eigenvalue weighted by Gasteiger charge is 2.24. The second-order valence-corrected chi connectivity index (χ2v) is 9.06. The van der Waals surface area contributed by atoms with E-state index in [1.807, 2.05) is 24.3 Å². The van der Waals surface area contributed by atoms with Crippen molar-refractivity contribution in [2.75, 3.05) is 0 Å². The quantitative estimate of drug-likeness (QED) is 0.161. The zero-order chi connectivity index (χ0) is 24.6. The highest BCUT2D eigenvalue weighted by Crippen LogP contribution is 2.49. The van der Waals surface area contributed by atoms with Crippen LogP contribution < -0.4 is 0 Å². The van der Waals surface area contributed by atoms with Crippen molar-refractivity contribution >= 4 is 43.6 Å². The minimum atomic E-state index is 0.141. The fourth-order valence-corrected chi connectivity index (χ4v) is 5.40. The first kappa shape index (κ1) is 20.3. The number of nitrogens with one attached hydrogen (secondary N) is 2. The molecule has 0 unspecified atom stereocenters.